The topological polar surface area (TPSA) is 102 Å². The van der Waals surface area contributed by atoms with E-state index in [2.05, 4.69) is 157 Å². The molecule has 0 rings (SSSR count). The number of carboxylic acids is 1. The molecule has 0 aromatic heterocycles. The molecule has 0 aromatic carbocycles. The Labute approximate surface area is 392 Å². The third-order valence-electron chi connectivity index (χ3n) is 14.9. The Bertz CT molecular complexity index is 1470. The van der Waals surface area contributed by atoms with E-state index in [0.29, 0.717) is 22.5 Å². The van der Waals surface area contributed by atoms with E-state index in [1.807, 2.05) is 25.2 Å². The number of carbonyl (C=O) groups excluding carboxylic acids is 1. The Morgan fingerprint density at radius 3 is 1.57 bits per heavy atom. The van der Waals surface area contributed by atoms with Gasteiger partial charge in [-0.3, -0.25) is 4.79 Å². The van der Waals surface area contributed by atoms with Crippen molar-refractivity contribution in [3.8, 4) is 0 Å². The lowest BCUT2D eigenvalue weighted by Crippen LogP contribution is -2.52. The summed E-state index contributed by atoms with van der Waals surface area (Å²) in [6, 6.07) is 0. The molecule has 0 unspecified atom stereocenters. The third kappa shape index (κ3) is 19.6. The van der Waals surface area contributed by atoms with Gasteiger partial charge in [0, 0.05) is 24.3 Å². The molecule has 0 aromatic rings. The van der Waals surface area contributed by atoms with Crippen molar-refractivity contribution in [1.29, 1.82) is 0 Å². The number of rotatable bonds is 29. The van der Waals surface area contributed by atoms with Crippen LogP contribution in [0.15, 0.2) is 61.3 Å². The lowest BCUT2D eigenvalue weighted by Gasteiger charge is -2.47. The van der Waals surface area contributed by atoms with E-state index in [-0.39, 0.29) is 70.2 Å². The summed E-state index contributed by atoms with van der Waals surface area (Å²) in [6.07, 6.45) is 17.9. The highest BCUT2D eigenvalue weighted by molar-refractivity contribution is 6.77. The first-order valence-corrected chi connectivity index (χ1v) is 32.3. The average Bonchev–Trinajstić information content (AvgIpc) is 3.14. The van der Waals surface area contributed by atoms with Crippen LogP contribution in [0.4, 0.5) is 0 Å². The molecular formula is C53H100O7Si3. The number of carbonyl (C=O) groups is 2. The highest BCUT2D eigenvalue weighted by Gasteiger charge is 2.48. The molecule has 10 heteroatoms. The Hall–Kier alpha value is -1.67. The minimum absolute atomic E-state index is 0.00499. The van der Waals surface area contributed by atoms with Crippen LogP contribution in [0.5, 0.6) is 0 Å². The standard InChI is InChI=1S/C53H100O7Si3/c1-24-25-28-42(10)50(57)45(13)47(59-63(37(2)3,38(4)5)39(6)7)34-31-40(8)35-44(12)51(60-62(22,23)53(17,18)19)43(11)32-33-46(54)36-48(58-61(20,21)52(14,15)16)41(9)29-26-27-30-49(55)56/h24-30,32-33,37-45,47-48,50-51,57H,1,31,34-36H2,2-23H3,(H,55,56)/b28-25-,29-26+,30-27-,33-32-/t40-,41+,42-,43-,44-,45-,47+,48-,50-,51-/m0/s1. The van der Waals surface area contributed by atoms with Crippen LogP contribution in [0.2, 0.25) is 52.9 Å². The van der Waals surface area contributed by atoms with Gasteiger partial charge in [-0.2, -0.15) is 0 Å². The monoisotopic (exact) mass is 933 g/mol. The fourth-order valence-corrected chi connectivity index (χ4v) is 17.3. The summed E-state index contributed by atoms with van der Waals surface area (Å²) >= 11 is 0. The number of aliphatic hydroxyl groups is 1. The number of ketones is 1. The number of hydrogen-bond donors (Lipinski definition) is 2. The summed E-state index contributed by atoms with van der Waals surface area (Å²) in [5, 5.41) is 20.7. The van der Waals surface area contributed by atoms with Gasteiger partial charge in [0.2, 0.25) is 8.32 Å². The maximum absolute atomic E-state index is 13.9. The van der Waals surface area contributed by atoms with Gasteiger partial charge in [0.05, 0.1) is 24.4 Å². The lowest BCUT2D eigenvalue weighted by molar-refractivity contribution is -0.131. The summed E-state index contributed by atoms with van der Waals surface area (Å²) in [4.78, 5) is 24.9. The SMILES string of the molecule is C=C/C=C\[C@H](C)[C@H](O)[C@@H](C)[C@@H](CC[C@H](C)C[C@H](C)[C@@H](O[Si](C)(C)C(C)(C)C)[C@@H](C)/C=C\C(=O)C[C@H](O[Si](C)(C)C(C)(C)C)[C@H](C)/C=C/C=C\C(=O)O)O[Si](C(C)C)(C(C)C)C(C)C. The smallest absolute Gasteiger partial charge is 0.328 e. The van der Waals surface area contributed by atoms with Crippen LogP contribution in [0.25, 0.3) is 0 Å². The first kappa shape index (κ1) is 61.3. The number of allylic oxidation sites excluding steroid dienone is 5. The van der Waals surface area contributed by atoms with Gasteiger partial charge in [-0.1, -0.05) is 174 Å². The lowest BCUT2D eigenvalue weighted by atomic mass is 9.82. The normalized spacial score (nSPS) is 19.0. The molecule has 63 heavy (non-hydrogen) atoms. The van der Waals surface area contributed by atoms with E-state index < -0.39 is 37.0 Å². The molecule has 0 fully saturated rings. The molecule has 0 saturated carbocycles. The highest BCUT2D eigenvalue weighted by atomic mass is 28.4. The van der Waals surface area contributed by atoms with Crippen molar-refractivity contribution in [2.75, 3.05) is 0 Å². The second-order valence-electron chi connectivity index (χ2n) is 23.3. The molecule has 0 radical (unpaired) electrons. The van der Waals surface area contributed by atoms with Crippen LogP contribution in [0.1, 0.15) is 150 Å². The van der Waals surface area contributed by atoms with Crippen LogP contribution >= 0.6 is 0 Å². The summed E-state index contributed by atoms with van der Waals surface area (Å²) in [5.41, 5.74) is 1.33. The van der Waals surface area contributed by atoms with Crippen LogP contribution in [-0.4, -0.2) is 71.3 Å². The van der Waals surface area contributed by atoms with Crippen LogP contribution in [0, 0.1) is 35.5 Å². The van der Waals surface area contributed by atoms with Gasteiger partial charge in [0.15, 0.2) is 22.4 Å². The van der Waals surface area contributed by atoms with Crippen molar-refractivity contribution in [1.82, 2.24) is 0 Å². The fourth-order valence-electron chi connectivity index (χ4n) is 8.79. The van der Waals surface area contributed by atoms with E-state index >= 15 is 0 Å². The summed E-state index contributed by atoms with van der Waals surface area (Å²) in [6.45, 7) is 53.5. The molecule has 0 spiro atoms. The minimum atomic E-state index is -2.24. The second-order valence-corrected chi connectivity index (χ2v) is 38.2. The van der Waals surface area contributed by atoms with Gasteiger partial charge in [0.25, 0.3) is 0 Å². The summed E-state index contributed by atoms with van der Waals surface area (Å²) in [5.74, 6) is -0.540. The molecule has 0 heterocycles. The molecule has 0 saturated heterocycles. The van der Waals surface area contributed by atoms with Gasteiger partial charge in [-0.25, -0.2) is 4.79 Å². The number of hydrogen-bond acceptors (Lipinski definition) is 6. The molecule has 10 atom stereocenters. The van der Waals surface area contributed by atoms with E-state index in [9.17, 15) is 14.7 Å². The van der Waals surface area contributed by atoms with Gasteiger partial charge in [-0.15, -0.1) is 0 Å². The maximum atomic E-state index is 13.9. The van der Waals surface area contributed by atoms with E-state index in [1.165, 1.54) is 6.08 Å². The van der Waals surface area contributed by atoms with Gasteiger partial charge in [-0.05, 0) is 102 Å². The number of aliphatic carboxylic acids is 1. The molecule has 0 aliphatic rings. The van der Waals surface area contributed by atoms with Crippen molar-refractivity contribution in [3.63, 3.8) is 0 Å². The first-order chi connectivity index (χ1) is 28.6. The molecule has 2 N–H and O–H groups in total. The maximum Gasteiger partial charge on any atom is 0.328 e. The minimum Gasteiger partial charge on any atom is -0.478 e. The Morgan fingerprint density at radius 1 is 0.619 bits per heavy atom. The van der Waals surface area contributed by atoms with E-state index in [1.54, 1.807) is 18.2 Å². The molecule has 0 aliphatic heterocycles. The van der Waals surface area contributed by atoms with Gasteiger partial charge < -0.3 is 23.5 Å². The Balaban J connectivity index is 6.70. The van der Waals surface area contributed by atoms with E-state index in [4.69, 9.17) is 18.4 Å². The largest absolute Gasteiger partial charge is 0.478 e. The molecule has 0 bridgehead atoms. The van der Waals surface area contributed by atoms with Crippen molar-refractivity contribution in [2.45, 2.75) is 228 Å². The van der Waals surface area contributed by atoms with Crippen molar-refractivity contribution < 1.29 is 33.1 Å². The summed E-state index contributed by atoms with van der Waals surface area (Å²) < 4.78 is 21.7. The van der Waals surface area contributed by atoms with Crippen LogP contribution in [-0.2, 0) is 22.9 Å². The average molecular weight is 934 g/mol. The van der Waals surface area contributed by atoms with Crippen molar-refractivity contribution >= 4 is 36.7 Å². The molecule has 366 valence electrons. The van der Waals surface area contributed by atoms with Gasteiger partial charge >= 0.3 is 5.97 Å². The summed E-state index contributed by atoms with van der Waals surface area (Å²) in [7, 11) is -6.66. The van der Waals surface area contributed by atoms with Crippen molar-refractivity contribution in [2.24, 2.45) is 35.5 Å². The zero-order chi connectivity index (χ0) is 49.5. The molecule has 0 aliphatic carbocycles. The Kier molecular flexibility index (Phi) is 25.9. The Morgan fingerprint density at radius 2 is 1.11 bits per heavy atom. The second kappa shape index (κ2) is 26.6. The quantitative estimate of drug-likeness (QED) is 0.0437. The molecular weight excluding hydrogens is 833 g/mol. The fraction of sp³-hybridized carbons (Fsp3) is 0.774. The molecule has 7 nitrogen and oxygen atoms in total. The zero-order valence-corrected chi connectivity index (χ0v) is 47.7. The number of aliphatic hydroxyl groups excluding tert-OH is 1. The predicted octanol–water partition coefficient (Wildman–Crippen LogP) is 15.1. The molecule has 0 amide bonds. The first-order valence-electron chi connectivity index (χ1n) is 24.4. The van der Waals surface area contributed by atoms with Crippen LogP contribution in [0.3, 0.4) is 0 Å². The van der Waals surface area contributed by atoms with Crippen LogP contribution < -0.4 is 0 Å². The van der Waals surface area contributed by atoms with E-state index in [0.717, 1.165) is 25.3 Å². The van der Waals surface area contributed by atoms with Crippen molar-refractivity contribution in [3.05, 3.63) is 61.3 Å². The third-order valence-corrected chi connectivity index (χ3v) is 30.0. The van der Waals surface area contributed by atoms with Gasteiger partial charge in [0.1, 0.15) is 0 Å². The zero-order valence-electron chi connectivity index (χ0n) is 44.7. The number of carboxylic acid groups (broad SMARTS) is 1. The highest BCUT2D eigenvalue weighted by Crippen LogP contribution is 2.46. The predicted molar refractivity (Wildman–Crippen MR) is 279 cm³/mol.